The Morgan fingerprint density at radius 2 is 1.45 bits per heavy atom. The lowest BCUT2D eigenvalue weighted by molar-refractivity contribution is -0.116. The molecule has 1 aliphatic carbocycles. The molecule has 2 aliphatic rings. The molecule has 3 aromatic rings. The van der Waals surface area contributed by atoms with Gasteiger partial charge in [-0.15, -0.1) is 0 Å². The summed E-state index contributed by atoms with van der Waals surface area (Å²) in [4.78, 5) is 13.4. The molecule has 0 spiro atoms. The molecule has 0 saturated carbocycles. The number of para-hydroxylation sites is 2. The molecule has 144 valence electrons. The number of anilines is 2. The number of phenols is 1. The lowest BCUT2D eigenvalue weighted by Gasteiger charge is -2.30. The smallest absolute Gasteiger partial charge is 0.163 e. The minimum Gasteiger partial charge on any atom is -0.508 e. The van der Waals surface area contributed by atoms with Crippen LogP contribution in [0.15, 0.2) is 90.1 Å². The SMILES string of the molecule is O=C1C[C@H](c2ccccc2)CC2=C1[C@@H](c1ccc(O)cc1)Nc1ccccc1N2. The Kier molecular flexibility index (Phi) is 4.32. The van der Waals surface area contributed by atoms with Crippen LogP contribution in [0.4, 0.5) is 11.4 Å². The molecule has 0 amide bonds. The van der Waals surface area contributed by atoms with E-state index in [2.05, 4.69) is 22.8 Å². The fraction of sp³-hybridized carbons (Fsp3) is 0.160. The Bertz CT molecular complexity index is 1090. The predicted molar refractivity (Wildman–Crippen MR) is 115 cm³/mol. The standard InChI is InChI=1S/C25H22N2O2/c28-19-12-10-17(11-13-19)25-24-22(26-20-8-4-5-9-21(20)27-25)14-18(15-23(24)29)16-6-2-1-3-7-16/h1-13,18,25-28H,14-15H2/t18-,25-/m1/s1. The molecule has 0 radical (unpaired) electrons. The van der Waals surface area contributed by atoms with Crippen molar-refractivity contribution in [3.63, 3.8) is 0 Å². The molecule has 0 bridgehead atoms. The number of ketones is 1. The van der Waals surface area contributed by atoms with Crippen LogP contribution in [0.1, 0.15) is 35.9 Å². The van der Waals surface area contributed by atoms with E-state index in [4.69, 9.17) is 0 Å². The molecule has 1 heterocycles. The molecule has 0 aromatic heterocycles. The maximum absolute atomic E-state index is 13.4. The van der Waals surface area contributed by atoms with Crippen LogP contribution in [0.3, 0.4) is 0 Å². The van der Waals surface area contributed by atoms with Crippen molar-refractivity contribution in [3.05, 3.63) is 101 Å². The van der Waals surface area contributed by atoms with Crippen molar-refractivity contribution in [3.8, 4) is 5.75 Å². The van der Waals surface area contributed by atoms with Crippen molar-refractivity contribution in [2.24, 2.45) is 0 Å². The van der Waals surface area contributed by atoms with E-state index < -0.39 is 0 Å². The molecule has 29 heavy (non-hydrogen) atoms. The van der Waals surface area contributed by atoms with Gasteiger partial charge in [-0.3, -0.25) is 4.79 Å². The van der Waals surface area contributed by atoms with Gasteiger partial charge >= 0.3 is 0 Å². The Balaban J connectivity index is 1.61. The second-order valence-electron chi connectivity index (χ2n) is 7.67. The summed E-state index contributed by atoms with van der Waals surface area (Å²) in [7, 11) is 0. The first-order valence-electron chi connectivity index (χ1n) is 9.92. The summed E-state index contributed by atoms with van der Waals surface area (Å²) in [5.74, 6) is 0.542. The van der Waals surface area contributed by atoms with Crippen molar-refractivity contribution in [1.29, 1.82) is 0 Å². The molecule has 0 saturated heterocycles. The third-order valence-electron chi connectivity index (χ3n) is 5.81. The largest absolute Gasteiger partial charge is 0.508 e. The third kappa shape index (κ3) is 3.27. The van der Waals surface area contributed by atoms with Crippen LogP contribution in [-0.2, 0) is 4.79 Å². The topological polar surface area (TPSA) is 61.4 Å². The van der Waals surface area contributed by atoms with E-state index in [-0.39, 0.29) is 23.5 Å². The number of carbonyl (C=O) groups is 1. The molecule has 0 fully saturated rings. The minimum atomic E-state index is -0.258. The normalized spacial score (nSPS) is 20.8. The van der Waals surface area contributed by atoms with E-state index in [1.54, 1.807) is 12.1 Å². The molecule has 2 atom stereocenters. The fourth-order valence-electron chi connectivity index (χ4n) is 4.37. The average Bonchev–Trinajstić information content (AvgIpc) is 2.92. The molecular formula is C25H22N2O2. The fourth-order valence-corrected chi connectivity index (χ4v) is 4.37. The summed E-state index contributed by atoms with van der Waals surface area (Å²) in [6, 6.07) is 25.1. The number of carbonyl (C=O) groups excluding carboxylic acids is 1. The third-order valence-corrected chi connectivity index (χ3v) is 5.81. The summed E-state index contributed by atoms with van der Waals surface area (Å²) in [5.41, 5.74) is 5.86. The van der Waals surface area contributed by atoms with Gasteiger partial charge in [0.15, 0.2) is 5.78 Å². The van der Waals surface area contributed by atoms with E-state index >= 15 is 0 Å². The van der Waals surface area contributed by atoms with Gasteiger partial charge in [0.05, 0.1) is 17.4 Å². The first kappa shape index (κ1) is 17.6. The van der Waals surface area contributed by atoms with Crippen LogP contribution in [0.25, 0.3) is 0 Å². The van der Waals surface area contributed by atoms with E-state index in [0.717, 1.165) is 34.6 Å². The first-order chi connectivity index (χ1) is 14.2. The van der Waals surface area contributed by atoms with Crippen molar-refractivity contribution >= 4 is 17.2 Å². The highest BCUT2D eigenvalue weighted by Gasteiger charge is 2.35. The number of Topliss-reactive ketones (excluding diaryl/α,β-unsaturated/α-hetero) is 1. The molecule has 3 aromatic carbocycles. The lowest BCUT2D eigenvalue weighted by Crippen LogP contribution is -2.26. The number of benzene rings is 3. The first-order valence-corrected chi connectivity index (χ1v) is 9.92. The number of allylic oxidation sites excluding steroid dienone is 1. The molecule has 4 nitrogen and oxygen atoms in total. The Hall–Kier alpha value is -3.53. The average molecular weight is 382 g/mol. The van der Waals surface area contributed by atoms with E-state index in [1.807, 2.05) is 54.6 Å². The number of hydrogen-bond acceptors (Lipinski definition) is 4. The molecule has 5 rings (SSSR count). The second-order valence-corrected chi connectivity index (χ2v) is 7.67. The number of rotatable bonds is 2. The highest BCUT2D eigenvalue weighted by Crippen LogP contribution is 2.44. The number of hydrogen-bond donors (Lipinski definition) is 3. The van der Waals surface area contributed by atoms with Crippen LogP contribution in [0.5, 0.6) is 5.75 Å². The zero-order valence-corrected chi connectivity index (χ0v) is 15.9. The van der Waals surface area contributed by atoms with Crippen molar-refractivity contribution in [2.75, 3.05) is 10.6 Å². The quantitative estimate of drug-likeness (QED) is 0.557. The van der Waals surface area contributed by atoms with Gasteiger partial charge in [-0.05, 0) is 47.7 Å². The van der Waals surface area contributed by atoms with Gasteiger partial charge < -0.3 is 15.7 Å². The van der Waals surface area contributed by atoms with Gasteiger partial charge in [-0.25, -0.2) is 0 Å². The van der Waals surface area contributed by atoms with Crippen molar-refractivity contribution < 1.29 is 9.90 Å². The van der Waals surface area contributed by atoms with Gasteiger partial charge in [-0.1, -0.05) is 54.6 Å². The summed E-state index contributed by atoms with van der Waals surface area (Å²) in [5, 5.41) is 16.8. The van der Waals surface area contributed by atoms with Crippen LogP contribution >= 0.6 is 0 Å². The maximum atomic E-state index is 13.4. The van der Waals surface area contributed by atoms with Gasteiger partial charge in [0.2, 0.25) is 0 Å². The Morgan fingerprint density at radius 3 is 2.21 bits per heavy atom. The number of phenolic OH excluding ortho intramolecular Hbond substituents is 1. The molecule has 1 aliphatic heterocycles. The highest BCUT2D eigenvalue weighted by molar-refractivity contribution is 6.01. The number of fused-ring (bicyclic) bond motifs is 1. The summed E-state index contributed by atoms with van der Waals surface area (Å²) < 4.78 is 0. The summed E-state index contributed by atoms with van der Waals surface area (Å²) >= 11 is 0. The van der Waals surface area contributed by atoms with E-state index in [0.29, 0.717) is 6.42 Å². The maximum Gasteiger partial charge on any atom is 0.163 e. The number of aromatic hydroxyl groups is 1. The number of nitrogens with one attached hydrogen (secondary N) is 2. The van der Waals surface area contributed by atoms with Crippen molar-refractivity contribution in [2.45, 2.75) is 24.8 Å². The van der Waals surface area contributed by atoms with Gasteiger partial charge in [0, 0.05) is 17.7 Å². The van der Waals surface area contributed by atoms with Crippen LogP contribution < -0.4 is 10.6 Å². The zero-order valence-electron chi connectivity index (χ0n) is 15.9. The van der Waals surface area contributed by atoms with E-state index in [1.165, 1.54) is 5.56 Å². The minimum absolute atomic E-state index is 0.158. The lowest BCUT2D eigenvalue weighted by atomic mass is 9.78. The summed E-state index contributed by atoms with van der Waals surface area (Å²) in [6.07, 6.45) is 1.28. The summed E-state index contributed by atoms with van der Waals surface area (Å²) in [6.45, 7) is 0. The molecule has 3 N–H and O–H groups in total. The van der Waals surface area contributed by atoms with Crippen LogP contribution in [-0.4, -0.2) is 10.9 Å². The van der Waals surface area contributed by atoms with E-state index in [9.17, 15) is 9.90 Å². The zero-order chi connectivity index (χ0) is 19.8. The predicted octanol–water partition coefficient (Wildman–Crippen LogP) is 5.37. The second kappa shape index (κ2) is 7.13. The Labute approximate surface area is 169 Å². The highest BCUT2D eigenvalue weighted by atomic mass is 16.3. The Morgan fingerprint density at radius 1 is 0.759 bits per heavy atom. The monoisotopic (exact) mass is 382 g/mol. The van der Waals surface area contributed by atoms with Gasteiger partial charge in [-0.2, -0.15) is 0 Å². The van der Waals surface area contributed by atoms with Gasteiger partial charge in [0.25, 0.3) is 0 Å². The van der Waals surface area contributed by atoms with Crippen LogP contribution in [0, 0.1) is 0 Å². The van der Waals surface area contributed by atoms with Gasteiger partial charge in [0.1, 0.15) is 5.75 Å². The molecular weight excluding hydrogens is 360 g/mol. The van der Waals surface area contributed by atoms with Crippen LogP contribution in [0.2, 0.25) is 0 Å². The molecule has 0 unspecified atom stereocenters. The molecule has 4 heteroatoms. The van der Waals surface area contributed by atoms with Crippen molar-refractivity contribution in [1.82, 2.24) is 0 Å².